The van der Waals surface area contributed by atoms with Crippen molar-refractivity contribution >= 4 is 45.3 Å². The molecule has 3 aromatic heterocycles. The zero-order valence-corrected chi connectivity index (χ0v) is 23.7. The molecule has 0 radical (unpaired) electrons. The summed E-state index contributed by atoms with van der Waals surface area (Å²) in [5.74, 6) is 1.93. The Morgan fingerprint density at radius 3 is 2.79 bits per heavy atom. The van der Waals surface area contributed by atoms with Crippen LogP contribution < -0.4 is 15.0 Å². The van der Waals surface area contributed by atoms with Gasteiger partial charge >= 0.3 is 0 Å². The van der Waals surface area contributed by atoms with Gasteiger partial charge in [0.2, 0.25) is 5.91 Å². The first-order valence-corrected chi connectivity index (χ1v) is 13.8. The standard InChI is InChI=1S/C31H31FN8O2/c1-5-21-16-39(11-12-40(21)28(41)6-2)27-10-8-24-29(37-27)31(34-17-33-24)36-20-7-9-26(19(3)13-20)42-22-14-23(32)30-25(15-22)35-18-38(30)4/h6-10,13-15,17-18,21H,2,5,11-12,16H2,1,3-4H3,(H,33,34,36)/t21-/m1/s1. The lowest BCUT2D eigenvalue weighted by Crippen LogP contribution is -2.54. The highest BCUT2D eigenvalue weighted by atomic mass is 19.1. The van der Waals surface area contributed by atoms with Gasteiger partial charge in [-0.1, -0.05) is 13.5 Å². The SMILES string of the molecule is C=CC(=O)N1CCN(c2ccc3ncnc(Nc4ccc(Oc5cc(F)c6c(c5)ncn6C)c(C)c4)c3n2)C[C@H]1CC. The lowest BCUT2D eigenvalue weighted by Gasteiger charge is -2.41. The number of benzene rings is 2. The summed E-state index contributed by atoms with van der Waals surface area (Å²) in [5.41, 5.74) is 3.97. The highest BCUT2D eigenvalue weighted by molar-refractivity contribution is 5.89. The Bertz CT molecular complexity index is 1820. The van der Waals surface area contributed by atoms with Crippen molar-refractivity contribution in [2.24, 2.45) is 7.05 Å². The van der Waals surface area contributed by atoms with Crippen molar-refractivity contribution in [3.63, 3.8) is 0 Å². The van der Waals surface area contributed by atoms with Crippen LogP contribution in [0, 0.1) is 12.7 Å². The van der Waals surface area contributed by atoms with Crippen LogP contribution in [0.15, 0.2) is 67.8 Å². The van der Waals surface area contributed by atoms with E-state index in [0.717, 1.165) is 23.5 Å². The van der Waals surface area contributed by atoms with Crippen LogP contribution in [0.1, 0.15) is 18.9 Å². The summed E-state index contributed by atoms with van der Waals surface area (Å²) < 4.78 is 22.3. The molecule has 5 aromatic rings. The fraction of sp³-hybridized carbons (Fsp3) is 0.258. The van der Waals surface area contributed by atoms with Crippen molar-refractivity contribution in [3.05, 3.63) is 79.2 Å². The number of halogens is 1. The Hall–Kier alpha value is -5.06. The number of piperazine rings is 1. The first kappa shape index (κ1) is 27.1. The van der Waals surface area contributed by atoms with Crippen LogP contribution in [-0.4, -0.2) is 61.0 Å². The second-order valence-electron chi connectivity index (χ2n) is 10.3. The number of rotatable bonds is 7. The van der Waals surface area contributed by atoms with Crippen LogP contribution in [0.2, 0.25) is 0 Å². The molecule has 0 saturated carbocycles. The van der Waals surface area contributed by atoms with E-state index in [1.54, 1.807) is 24.0 Å². The number of aromatic nitrogens is 5. The van der Waals surface area contributed by atoms with Crippen LogP contribution in [0.5, 0.6) is 11.5 Å². The number of nitrogens with one attached hydrogen (secondary N) is 1. The zero-order valence-electron chi connectivity index (χ0n) is 23.7. The molecule has 1 atom stereocenters. The number of fused-ring (bicyclic) bond motifs is 2. The fourth-order valence-electron chi connectivity index (χ4n) is 5.40. The molecule has 0 aliphatic carbocycles. The molecule has 214 valence electrons. The molecule has 1 aliphatic rings. The smallest absolute Gasteiger partial charge is 0.246 e. The maximum absolute atomic E-state index is 14.6. The molecule has 42 heavy (non-hydrogen) atoms. The summed E-state index contributed by atoms with van der Waals surface area (Å²) in [6.45, 7) is 9.60. The molecule has 0 unspecified atom stereocenters. The van der Waals surface area contributed by atoms with E-state index in [9.17, 15) is 9.18 Å². The van der Waals surface area contributed by atoms with Gasteiger partial charge in [0.25, 0.3) is 0 Å². The normalized spacial score (nSPS) is 15.3. The molecule has 2 aromatic carbocycles. The third-order valence-electron chi connectivity index (χ3n) is 7.61. The predicted octanol–water partition coefficient (Wildman–Crippen LogP) is 5.51. The number of nitrogens with zero attached hydrogens (tertiary/aromatic N) is 7. The van der Waals surface area contributed by atoms with Crippen LogP contribution in [-0.2, 0) is 11.8 Å². The Balaban J connectivity index is 1.23. The van der Waals surface area contributed by atoms with Gasteiger partial charge in [0.05, 0.1) is 17.4 Å². The van der Waals surface area contributed by atoms with Crippen LogP contribution in [0.25, 0.3) is 22.1 Å². The summed E-state index contributed by atoms with van der Waals surface area (Å²) >= 11 is 0. The van der Waals surface area contributed by atoms with Gasteiger partial charge < -0.3 is 24.4 Å². The summed E-state index contributed by atoms with van der Waals surface area (Å²) in [5, 5.41) is 3.37. The van der Waals surface area contributed by atoms with Crippen molar-refractivity contribution in [3.8, 4) is 11.5 Å². The largest absolute Gasteiger partial charge is 0.457 e. The average molecular weight is 567 g/mol. The van der Waals surface area contributed by atoms with Crippen LogP contribution in [0.4, 0.5) is 21.7 Å². The topological polar surface area (TPSA) is 101 Å². The van der Waals surface area contributed by atoms with Gasteiger partial charge in [-0.2, -0.15) is 0 Å². The van der Waals surface area contributed by atoms with Crippen LogP contribution >= 0.6 is 0 Å². The number of anilines is 3. The lowest BCUT2D eigenvalue weighted by atomic mass is 10.1. The number of hydrogen-bond acceptors (Lipinski definition) is 8. The maximum atomic E-state index is 14.6. The number of carbonyl (C=O) groups is 1. The third kappa shape index (κ3) is 5.09. The predicted molar refractivity (Wildman–Crippen MR) is 161 cm³/mol. The van der Waals surface area contributed by atoms with Crippen LogP contribution in [0.3, 0.4) is 0 Å². The Morgan fingerprint density at radius 1 is 1.14 bits per heavy atom. The van der Waals surface area contributed by atoms with Gasteiger partial charge in [0.15, 0.2) is 11.6 Å². The molecule has 11 heteroatoms. The van der Waals surface area contributed by atoms with E-state index in [2.05, 4.69) is 38.7 Å². The first-order chi connectivity index (χ1) is 20.3. The number of ether oxygens (including phenoxy) is 1. The van der Waals surface area contributed by atoms with E-state index in [0.29, 0.717) is 59.0 Å². The molecular weight excluding hydrogens is 535 g/mol. The molecule has 1 aliphatic heterocycles. The average Bonchev–Trinajstić information content (AvgIpc) is 3.38. The minimum Gasteiger partial charge on any atom is -0.457 e. The van der Waals surface area contributed by atoms with Gasteiger partial charge in [-0.15, -0.1) is 0 Å². The van der Waals surface area contributed by atoms with Gasteiger partial charge in [-0.3, -0.25) is 4.79 Å². The molecule has 1 saturated heterocycles. The van der Waals surface area contributed by atoms with Gasteiger partial charge in [0, 0.05) is 50.5 Å². The van der Waals surface area contributed by atoms with Crippen molar-refractivity contribution in [2.75, 3.05) is 29.9 Å². The van der Waals surface area contributed by atoms with Crippen molar-refractivity contribution < 1.29 is 13.9 Å². The second kappa shape index (κ2) is 11.1. The summed E-state index contributed by atoms with van der Waals surface area (Å²) in [7, 11) is 1.75. The molecule has 0 spiro atoms. The molecule has 1 N–H and O–H groups in total. The van der Waals surface area contributed by atoms with E-state index in [1.165, 1.54) is 18.5 Å². The third-order valence-corrected chi connectivity index (χ3v) is 7.61. The van der Waals surface area contributed by atoms with Gasteiger partial charge in [-0.05, 0) is 55.3 Å². The molecule has 1 fully saturated rings. The molecular formula is C31H31FN8O2. The fourth-order valence-corrected chi connectivity index (χ4v) is 5.40. The minimum absolute atomic E-state index is 0.0407. The van der Waals surface area contributed by atoms with Crippen molar-refractivity contribution in [1.29, 1.82) is 0 Å². The number of imidazole rings is 1. The zero-order chi connectivity index (χ0) is 29.4. The van der Waals surface area contributed by atoms with Crippen molar-refractivity contribution in [1.82, 2.24) is 29.4 Å². The molecule has 1 amide bonds. The lowest BCUT2D eigenvalue weighted by molar-refractivity contribution is -0.128. The van der Waals surface area contributed by atoms with Gasteiger partial charge in [-0.25, -0.2) is 24.3 Å². The Labute approximate surface area is 242 Å². The molecule has 4 heterocycles. The monoisotopic (exact) mass is 566 g/mol. The maximum Gasteiger partial charge on any atom is 0.246 e. The number of aryl methyl sites for hydroxylation is 2. The van der Waals surface area contributed by atoms with Gasteiger partial charge in [0.1, 0.15) is 34.7 Å². The quantitative estimate of drug-likeness (QED) is 0.258. The number of carbonyl (C=O) groups excluding carboxylic acids is 1. The highest BCUT2D eigenvalue weighted by Crippen LogP contribution is 2.32. The number of pyridine rings is 1. The Morgan fingerprint density at radius 2 is 2.00 bits per heavy atom. The summed E-state index contributed by atoms with van der Waals surface area (Å²) in [4.78, 5) is 34.4. The summed E-state index contributed by atoms with van der Waals surface area (Å²) in [6, 6.07) is 12.7. The Kier molecular flexibility index (Phi) is 7.15. The number of amides is 1. The second-order valence-corrected chi connectivity index (χ2v) is 10.3. The van der Waals surface area contributed by atoms with E-state index in [4.69, 9.17) is 9.72 Å². The molecule has 6 rings (SSSR count). The van der Waals surface area contributed by atoms with Crippen molar-refractivity contribution in [2.45, 2.75) is 26.3 Å². The van der Waals surface area contributed by atoms with E-state index < -0.39 is 5.82 Å². The number of hydrogen-bond donors (Lipinski definition) is 1. The first-order valence-electron chi connectivity index (χ1n) is 13.8. The molecule has 0 bridgehead atoms. The summed E-state index contributed by atoms with van der Waals surface area (Å²) in [6.07, 6.45) is 5.30. The highest BCUT2D eigenvalue weighted by Gasteiger charge is 2.29. The molecule has 10 nitrogen and oxygen atoms in total. The van der Waals surface area contributed by atoms with E-state index in [-0.39, 0.29) is 11.9 Å². The minimum atomic E-state index is -0.390. The van der Waals surface area contributed by atoms with E-state index >= 15 is 0 Å². The van der Waals surface area contributed by atoms with E-state index in [1.807, 2.05) is 42.2 Å².